The topological polar surface area (TPSA) is 74.8 Å². The maximum Gasteiger partial charge on any atom is 0.265 e. The normalized spacial score (nSPS) is 16.5. The van der Waals surface area contributed by atoms with E-state index in [0.717, 1.165) is 41.7 Å². The lowest BCUT2D eigenvalue weighted by Crippen LogP contribution is -2.26. The van der Waals surface area contributed by atoms with Crippen molar-refractivity contribution in [2.24, 2.45) is 0 Å². The van der Waals surface area contributed by atoms with E-state index in [1.165, 1.54) is 5.56 Å². The van der Waals surface area contributed by atoms with Crippen LogP contribution in [0.5, 0.6) is 0 Å². The predicted molar refractivity (Wildman–Crippen MR) is 124 cm³/mol. The fourth-order valence-corrected chi connectivity index (χ4v) is 4.52. The molecular formula is C25H23N5O2. The molecular weight excluding hydrogens is 402 g/mol. The molecule has 7 nitrogen and oxygen atoms in total. The Kier molecular flexibility index (Phi) is 4.33. The second-order valence-electron chi connectivity index (χ2n) is 8.52. The third-order valence-corrected chi connectivity index (χ3v) is 6.40. The number of benzene rings is 2. The van der Waals surface area contributed by atoms with Crippen LogP contribution in [0.1, 0.15) is 24.0 Å². The molecule has 1 unspecified atom stereocenters. The highest BCUT2D eigenvalue weighted by molar-refractivity contribution is 6.05. The van der Waals surface area contributed by atoms with Gasteiger partial charge in [0, 0.05) is 12.3 Å². The average molecular weight is 425 g/mol. The van der Waals surface area contributed by atoms with Gasteiger partial charge in [-0.2, -0.15) is 0 Å². The fourth-order valence-electron chi connectivity index (χ4n) is 4.52. The van der Waals surface area contributed by atoms with E-state index < -0.39 is 0 Å². The highest BCUT2D eigenvalue weighted by Crippen LogP contribution is 2.29. The molecule has 0 bridgehead atoms. The van der Waals surface area contributed by atoms with Gasteiger partial charge in [-0.15, -0.1) is 0 Å². The molecule has 0 radical (unpaired) electrons. The summed E-state index contributed by atoms with van der Waals surface area (Å²) in [6.45, 7) is 5.41. The van der Waals surface area contributed by atoms with Crippen molar-refractivity contribution in [3.63, 3.8) is 0 Å². The summed E-state index contributed by atoms with van der Waals surface area (Å²) < 4.78 is 9.35. The van der Waals surface area contributed by atoms with E-state index in [2.05, 4.69) is 26.0 Å². The minimum atomic E-state index is -0.109. The number of rotatable bonds is 3. The zero-order chi connectivity index (χ0) is 21.8. The molecule has 1 saturated heterocycles. The van der Waals surface area contributed by atoms with Crippen molar-refractivity contribution in [1.29, 1.82) is 0 Å². The SMILES string of the molecule is Cc1ccc(-n2c3nc4ccccc4nc3c3c(=O)n(CC4CCCO4)cnc32)cc1C. The summed E-state index contributed by atoms with van der Waals surface area (Å²) in [5.74, 6) is 0. The largest absolute Gasteiger partial charge is 0.376 e. The summed E-state index contributed by atoms with van der Waals surface area (Å²) in [6, 6.07) is 13.9. The first-order chi connectivity index (χ1) is 15.6. The predicted octanol–water partition coefficient (Wildman–Crippen LogP) is 4.08. The first kappa shape index (κ1) is 19.1. The Labute approximate surface area is 184 Å². The van der Waals surface area contributed by atoms with Gasteiger partial charge in [0.25, 0.3) is 5.56 Å². The number of aryl methyl sites for hydroxylation is 2. The van der Waals surface area contributed by atoms with Crippen molar-refractivity contribution < 1.29 is 4.74 Å². The molecule has 0 amide bonds. The van der Waals surface area contributed by atoms with Crippen molar-refractivity contribution >= 4 is 33.2 Å². The molecule has 1 aliphatic rings. The molecule has 6 rings (SSSR count). The lowest BCUT2D eigenvalue weighted by molar-refractivity contribution is 0.0960. The Morgan fingerprint density at radius 1 is 1.03 bits per heavy atom. The summed E-state index contributed by atoms with van der Waals surface area (Å²) in [5, 5.41) is 0.497. The summed E-state index contributed by atoms with van der Waals surface area (Å²) >= 11 is 0. The molecule has 32 heavy (non-hydrogen) atoms. The van der Waals surface area contributed by atoms with Gasteiger partial charge in [0.15, 0.2) is 11.3 Å². The van der Waals surface area contributed by atoms with Crippen molar-refractivity contribution in [2.45, 2.75) is 39.3 Å². The Morgan fingerprint density at radius 3 is 2.59 bits per heavy atom. The first-order valence-electron chi connectivity index (χ1n) is 11.0. The zero-order valence-electron chi connectivity index (χ0n) is 18.1. The van der Waals surface area contributed by atoms with Gasteiger partial charge >= 0.3 is 0 Å². The minimum absolute atomic E-state index is 0.0481. The van der Waals surface area contributed by atoms with Crippen LogP contribution in [0, 0.1) is 13.8 Å². The van der Waals surface area contributed by atoms with E-state index in [4.69, 9.17) is 19.7 Å². The van der Waals surface area contributed by atoms with Gasteiger partial charge in [-0.25, -0.2) is 15.0 Å². The number of hydrogen-bond acceptors (Lipinski definition) is 5. The second kappa shape index (κ2) is 7.24. The van der Waals surface area contributed by atoms with Crippen LogP contribution >= 0.6 is 0 Å². The van der Waals surface area contributed by atoms with Crippen LogP contribution in [0.2, 0.25) is 0 Å². The van der Waals surface area contributed by atoms with Crippen molar-refractivity contribution in [1.82, 2.24) is 24.1 Å². The summed E-state index contributed by atoms with van der Waals surface area (Å²) in [5.41, 5.74) is 6.52. The average Bonchev–Trinajstić information content (AvgIpc) is 3.42. The van der Waals surface area contributed by atoms with Gasteiger partial charge in [-0.1, -0.05) is 18.2 Å². The minimum Gasteiger partial charge on any atom is -0.376 e. The van der Waals surface area contributed by atoms with Gasteiger partial charge in [0.1, 0.15) is 17.2 Å². The number of hydrogen-bond donors (Lipinski definition) is 0. The molecule has 4 heterocycles. The van der Waals surface area contributed by atoms with Gasteiger partial charge in [-0.3, -0.25) is 13.9 Å². The molecule has 0 aliphatic carbocycles. The molecule has 160 valence electrons. The molecule has 2 aromatic carbocycles. The lowest BCUT2D eigenvalue weighted by Gasteiger charge is -2.12. The van der Waals surface area contributed by atoms with Crippen LogP contribution in [0.25, 0.3) is 38.9 Å². The molecule has 0 spiro atoms. The molecule has 7 heteroatoms. The van der Waals surface area contributed by atoms with E-state index in [1.54, 1.807) is 10.9 Å². The highest BCUT2D eigenvalue weighted by atomic mass is 16.5. The quantitative estimate of drug-likeness (QED) is 0.435. The van der Waals surface area contributed by atoms with E-state index in [0.29, 0.717) is 28.7 Å². The highest BCUT2D eigenvalue weighted by Gasteiger charge is 2.23. The molecule has 1 fully saturated rings. The summed E-state index contributed by atoms with van der Waals surface area (Å²) in [4.78, 5) is 28.1. The second-order valence-corrected chi connectivity index (χ2v) is 8.52. The van der Waals surface area contributed by atoms with Crippen LogP contribution in [-0.2, 0) is 11.3 Å². The van der Waals surface area contributed by atoms with Crippen LogP contribution in [-0.4, -0.2) is 36.8 Å². The van der Waals surface area contributed by atoms with Crippen LogP contribution < -0.4 is 5.56 Å². The standard InChI is InChI=1S/C25H23N5O2/c1-15-9-10-17(12-16(15)2)30-23-21(22-24(30)28-20-8-4-3-7-19(20)27-22)25(31)29(14-26-23)13-18-6-5-11-32-18/h3-4,7-10,12,14,18H,5-6,11,13H2,1-2H3. The smallest absolute Gasteiger partial charge is 0.265 e. The molecule has 1 atom stereocenters. The lowest BCUT2D eigenvalue weighted by atomic mass is 10.1. The Balaban J connectivity index is 1.69. The first-order valence-corrected chi connectivity index (χ1v) is 11.0. The van der Waals surface area contributed by atoms with Gasteiger partial charge in [-0.05, 0) is 62.1 Å². The third-order valence-electron chi connectivity index (χ3n) is 6.40. The van der Waals surface area contributed by atoms with Gasteiger partial charge in [0.2, 0.25) is 0 Å². The number of aromatic nitrogens is 5. The fraction of sp³-hybridized carbons (Fsp3) is 0.280. The molecule has 0 N–H and O–H groups in total. The molecule has 5 aromatic rings. The van der Waals surface area contributed by atoms with E-state index in [1.807, 2.05) is 34.9 Å². The van der Waals surface area contributed by atoms with Crippen LogP contribution in [0.3, 0.4) is 0 Å². The van der Waals surface area contributed by atoms with Crippen molar-refractivity contribution in [3.05, 3.63) is 70.3 Å². The maximum atomic E-state index is 13.6. The monoisotopic (exact) mass is 425 g/mol. The number of nitrogens with zero attached hydrogens (tertiary/aromatic N) is 5. The van der Waals surface area contributed by atoms with Crippen LogP contribution in [0.15, 0.2) is 53.6 Å². The Bertz CT molecular complexity index is 1560. The van der Waals surface area contributed by atoms with E-state index in [9.17, 15) is 4.79 Å². The Hall–Kier alpha value is -3.58. The number of fused-ring (bicyclic) bond motifs is 4. The zero-order valence-corrected chi connectivity index (χ0v) is 18.1. The number of ether oxygens (including phenoxy) is 1. The van der Waals surface area contributed by atoms with Crippen molar-refractivity contribution in [3.8, 4) is 5.69 Å². The summed E-state index contributed by atoms with van der Waals surface area (Å²) in [7, 11) is 0. The van der Waals surface area contributed by atoms with E-state index >= 15 is 0 Å². The Morgan fingerprint density at radius 2 is 1.84 bits per heavy atom. The van der Waals surface area contributed by atoms with Crippen molar-refractivity contribution in [2.75, 3.05) is 6.61 Å². The molecule has 1 aliphatic heterocycles. The third kappa shape index (κ3) is 2.92. The maximum absolute atomic E-state index is 13.6. The van der Waals surface area contributed by atoms with Crippen LogP contribution in [0.4, 0.5) is 0 Å². The molecule has 0 saturated carbocycles. The summed E-state index contributed by atoms with van der Waals surface area (Å²) in [6.07, 6.45) is 3.66. The van der Waals surface area contributed by atoms with E-state index in [-0.39, 0.29) is 11.7 Å². The molecule has 3 aromatic heterocycles. The van der Waals surface area contributed by atoms with Gasteiger partial charge < -0.3 is 4.74 Å². The van der Waals surface area contributed by atoms with Gasteiger partial charge in [0.05, 0.1) is 23.7 Å². The number of para-hydroxylation sites is 2.